The maximum absolute atomic E-state index is 12.7. The second kappa shape index (κ2) is 17.9. The molecule has 0 fully saturated rings. The third-order valence-corrected chi connectivity index (χ3v) is 8.32. The number of nitrogens with one attached hydrogen (secondary N) is 1. The summed E-state index contributed by atoms with van der Waals surface area (Å²) in [6.45, 7) is 6.50. The number of anilines is 1. The second-order valence-corrected chi connectivity index (χ2v) is 12.8. The van der Waals surface area contributed by atoms with Crippen LogP contribution in [0, 0.1) is 24.0 Å². The molecule has 2 heterocycles. The number of carbonyl (C=O) groups excluding carboxylic acids is 1. The molecule has 2 aromatic heterocycles. The molecule has 0 radical (unpaired) electrons. The number of amides is 1. The molecule has 6 rings (SSSR count). The Morgan fingerprint density at radius 2 is 1.33 bits per heavy atom. The third kappa shape index (κ3) is 10.1. The third-order valence-electron chi connectivity index (χ3n) is 7.47. The Balaban J connectivity index is 0.000000390. The number of nitro benzene ring substituents is 1. The molecular formula is C35H30CrN10O10S. The van der Waals surface area contributed by atoms with E-state index in [-0.39, 0.29) is 71.8 Å². The Morgan fingerprint density at radius 3 is 1.82 bits per heavy atom. The van der Waals surface area contributed by atoms with Gasteiger partial charge in [0.1, 0.15) is 34.0 Å². The zero-order valence-corrected chi connectivity index (χ0v) is 31.6. The molecule has 1 amide bonds. The number of aryl methyl sites for hydroxylation is 2. The number of hydrogen-bond donors (Lipinski definition) is 4. The van der Waals surface area contributed by atoms with Gasteiger partial charge in [-0.05, 0) is 66.7 Å². The van der Waals surface area contributed by atoms with Gasteiger partial charge >= 0.3 is 2.85 Å². The zero-order valence-electron chi connectivity index (χ0n) is 31.5. The average molecular weight is 835 g/mol. The topological polar surface area (TPSA) is 286 Å². The van der Waals surface area contributed by atoms with Gasteiger partial charge in [0.05, 0.1) is 21.2 Å². The fraction of sp³-hybridized carbons (Fsp3) is 0.0571. The molecule has 0 saturated heterocycles. The zero-order chi connectivity index (χ0) is 40.7. The van der Waals surface area contributed by atoms with Crippen molar-refractivity contribution in [3.8, 4) is 22.9 Å². The first kappa shape index (κ1) is 42.5. The summed E-state index contributed by atoms with van der Waals surface area (Å²) in [6.07, 6.45) is 1.14. The minimum absolute atomic E-state index is 0. The number of azo groups is 2. The summed E-state index contributed by atoms with van der Waals surface area (Å²) in [5.41, 5.74) is 0.233. The van der Waals surface area contributed by atoms with Crippen molar-refractivity contribution in [3.63, 3.8) is 0 Å². The minimum Gasteiger partial charge on any atom is -0.506 e. The summed E-state index contributed by atoms with van der Waals surface area (Å²) in [5, 5.41) is 56.4. The van der Waals surface area contributed by atoms with Gasteiger partial charge in [0.25, 0.3) is 15.8 Å². The van der Waals surface area contributed by atoms with Crippen LogP contribution in [0.5, 0.6) is 11.5 Å². The summed E-state index contributed by atoms with van der Waals surface area (Å²) in [6, 6.07) is 21.4. The number of carbonyl (C=O) groups is 1. The van der Waals surface area contributed by atoms with Crippen molar-refractivity contribution in [1.29, 1.82) is 0 Å². The van der Waals surface area contributed by atoms with E-state index in [0.29, 0.717) is 22.8 Å². The van der Waals surface area contributed by atoms with Gasteiger partial charge in [-0.15, -0.1) is 11.4 Å². The molecule has 0 saturated carbocycles. The normalized spacial score (nSPS) is 11.1. The summed E-state index contributed by atoms with van der Waals surface area (Å²) < 4.78 is 33.7. The van der Waals surface area contributed by atoms with Gasteiger partial charge in [-0.3, -0.25) is 19.5 Å². The number of aromatic hydroxyl groups is 2. The largest absolute Gasteiger partial charge is 1.00 e. The van der Waals surface area contributed by atoms with Crippen LogP contribution >= 0.6 is 0 Å². The molecular weight excluding hydrogens is 805 g/mol. The number of nitro groups is 1. The summed E-state index contributed by atoms with van der Waals surface area (Å²) in [4.78, 5) is 46.3. The first-order chi connectivity index (χ1) is 26.6. The van der Waals surface area contributed by atoms with Crippen LogP contribution in [0.2, 0.25) is 0 Å². The molecule has 20 nitrogen and oxygen atoms in total. The molecule has 57 heavy (non-hydrogen) atoms. The molecule has 4 aromatic carbocycles. The Hall–Kier alpha value is -7.25. The van der Waals surface area contributed by atoms with Gasteiger partial charge in [0.15, 0.2) is 0 Å². The standard InChI is InChI=1S/C19H15N6O5.C16H13N4O5S.Cr/c1-3-17(27)20-12-4-6-13(7-5-12)24-19(28)18(11(2)23-24)22-21-15-10-14(25(29)30)8-9-16(15)26;1-10-15(16(22)20(19-10)11-5-3-2-4-6-11)18-17-13-9-12(26(23,24)25)7-8-14(13)21;/h3-10,26H,1H2,2H3,(H,20,27);2-9,21H,1H3,(H,23,24,25);/q2*-1;/p+2. The molecule has 0 bridgehead atoms. The van der Waals surface area contributed by atoms with Crippen LogP contribution in [0.25, 0.3) is 11.4 Å². The number of para-hydroxylation sites is 1. The van der Waals surface area contributed by atoms with Gasteiger partial charge in [0.2, 0.25) is 5.91 Å². The van der Waals surface area contributed by atoms with Crippen molar-refractivity contribution in [2.24, 2.45) is 20.5 Å². The van der Waals surface area contributed by atoms with Gasteiger partial charge < -0.3 is 35.3 Å². The summed E-state index contributed by atoms with van der Waals surface area (Å²) >= 11 is 0. The molecule has 0 aliphatic rings. The van der Waals surface area contributed by atoms with Crippen LogP contribution in [-0.4, -0.2) is 53.6 Å². The molecule has 0 spiro atoms. The van der Waals surface area contributed by atoms with E-state index in [2.05, 4.69) is 42.6 Å². The van der Waals surface area contributed by atoms with Crippen LogP contribution < -0.4 is 16.4 Å². The van der Waals surface area contributed by atoms with Gasteiger partial charge in [-0.2, -0.15) is 18.6 Å². The Morgan fingerprint density at radius 1 is 0.842 bits per heavy atom. The Kier molecular flexibility index (Phi) is 13.4. The summed E-state index contributed by atoms with van der Waals surface area (Å²) in [7, 11) is -4.46. The van der Waals surface area contributed by atoms with E-state index in [9.17, 15) is 43.1 Å². The smallest absolute Gasteiger partial charge is 0.506 e. The predicted octanol–water partition coefficient (Wildman–Crippen LogP) is 6.26. The Labute approximate surface area is 335 Å². The van der Waals surface area contributed by atoms with Crippen molar-refractivity contribution in [2.45, 2.75) is 18.7 Å². The molecule has 0 atom stereocenters. The van der Waals surface area contributed by atoms with E-state index in [4.69, 9.17) is 4.55 Å². The van der Waals surface area contributed by atoms with E-state index in [0.717, 1.165) is 51.8 Å². The average Bonchev–Trinajstić information content (AvgIpc) is 3.62. The van der Waals surface area contributed by atoms with Gasteiger partial charge in [-0.1, -0.05) is 50.0 Å². The monoisotopic (exact) mass is 834 g/mol. The quantitative estimate of drug-likeness (QED) is 0.0297. The minimum atomic E-state index is -4.46. The van der Waals surface area contributed by atoms with Crippen LogP contribution in [0.1, 0.15) is 14.2 Å². The Bertz CT molecular complexity index is 2770. The van der Waals surface area contributed by atoms with Crippen molar-refractivity contribution < 1.29 is 53.1 Å². The van der Waals surface area contributed by atoms with Crippen molar-refractivity contribution in [1.82, 2.24) is 19.6 Å². The van der Waals surface area contributed by atoms with Crippen LogP contribution in [0.15, 0.2) is 139 Å². The summed E-state index contributed by atoms with van der Waals surface area (Å²) in [5.74, 6) is -1.05. The fourth-order valence-electron chi connectivity index (χ4n) is 4.68. The molecule has 292 valence electrons. The maximum Gasteiger partial charge on any atom is 1.00 e. The number of aromatic nitrogens is 4. The van der Waals surface area contributed by atoms with Crippen LogP contribution in [0.3, 0.4) is 0 Å². The number of nitrogens with zero attached hydrogens (tertiary/aromatic N) is 9. The second-order valence-electron chi connectivity index (χ2n) is 11.3. The van der Waals surface area contributed by atoms with E-state index in [1.165, 1.54) is 0 Å². The molecule has 4 N–H and O–H groups in total. The molecule has 0 aliphatic heterocycles. The molecule has 6 aromatic rings. The van der Waals surface area contributed by atoms with E-state index < -0.39 is 31.1 Å². The maximum atomic E-state index is 12.7. The van der Waals surface area contributed by atoms with Crippen LogP contribution in [0.4, 0.5) is 34.1 Å². The first-order valence-electron chi connectivity index (χ1n) is 15.8. The van der Waals surface area contributed by atoms with E-state index in [1.54, 1.807) is 68.4 Å². The van der Waals surface area contributed by atoms with Gasteiger partial charge in [-0.25, -0.2) is 19.6 Å². The fourth-order valence-corrected chi connectivity index (χ4v) is 5.18. The number of hydrogen-bond acceptors (Lipinski definition) is 15. The van der Waals surface area contributed by atoms with Crippen molar-refractivity contribution in [2.75, 3.05) is 5.32 Å². The van der Waals surface area contributed by atoms with E-state index >= 15 is 0 Å². The first-order valence-corrected chi connectivity index (χ1v) is 17.2. The SMILES string of the molecule is C=CC(=O)Nc1ccc(-n2nc(C)[c-](N=Nc3cc([N+](=O)[O-])ccc3O)c2=O)cc1.Cc1nn(-c2ccccc2)c(=O)[c-]1N=Nc1cc(S(=O)(=O)O)ccc1O.[Cr].[H+].[H+]. The molecule has 22 heteroatoms. The molecule has 0 unspecified atom stereocenters. The predicted molar refractivity (Wildman–Crippen MR) is 202 cm³/mol. The van der Waals surface area contributed by atoms with Crippen molar-refractivity contribution >= 4 is 50.1 Å². The number of non-ortho nitro benzene ring substituents is 1. The van der Waals surface area contributed by atoms with E-state index in [1.807, 2.05) is 0 Å². The number of phenols is 2. The van der Waals surface area contributed by atoms with Crippen molar-refractivity contribution in [3.05, 3.63) is 146 Å². The molecule has 0 aliphatic carbocycles. The number of rotatable bonds is 10. The number of benzene rings is 4. The number of phenolic OH excluding ortho intramolecular Hbond substituents is 2. The van der Waals surface area contributed by atoms with Crippen LogP contribution in [-0.2, 0) is 32.3 Å². The van der Waals surface area contributed by atoms with Gasteiger partial charge in [0, 0.05) is 35.2 Å².